The van der Waals surface area contributed by atoms with Gasteiger partial charge in [0.05, 0.1) is 5.69 Å². The van der Waals surface area contributed by atoms with E-state index >= 15 is 0 Å². The summed E-state index contributed by atoms with van der Waals surface area (Å²) in [6.07, 6.45) is 0. The number of fused-ring (bicyclic) bond motifs is 2. The fourth-order valence-corrected chi connectivity index (χ4v) is 3.84. The van der Waals surface area contributed by atoms with Gasteiger partial charge < -0.3 is 5.32 Å². The van der Waals surface area contributed by atoms with Gasteiger partial charge in [-0.1, -0.05) is 11.3 Å². The Bertz CT molecular complexity index is 653. The summed E-state index contributed by atoms with van der Waals surface area (Å²) in [6, 6.07) is 1.61. The molecule has 0 bridgehead atoms. The average Bonchev–Trinajstić information content (AvgIpc) is 3.02. The summed E-state index contributed by atoms with van der Waals surface area (Å²) < 4.78 is 1.36. The number of rotatable bonds is 2. The molecule has 2 aliphatic heterocycles. The monoisotopic (exact) mass is 277 g/mol. The third-order valence-electron chi connectivity index (χ3n) is 4.09. The van der Waals surface area contributed by atoms with Crippen LogP contribution in [0.5, 0.6) is 0 Å². The minimum Gasteiger partial charge on any atom is -0.316 e. The van der Waals surface area contributed by atoms with Crippen LogP contribution in [0.15, 0.2) is 16.4 Å². The second-order valence-corrected chi connectivity index (χ2v) is 6.20. The second kappa shape index (κ2) is 4.36. The van der Waals surface area contributed by atoms with Crippen LogP contribution in [0, 0.1) is 11.8 Å². The van der Waals surface area contributed by atoms with Gasteiger partial charge in [-0.2, -0.15) is 9.61 Å². The molecule has 0 radical (unpaired) electrons. The van der Waals surface area contributed by atoms with E-state index in [9.17, 15) is 4.79 Å². The molecule has 7 heteroatoms. The molecule has 2 aromatic heterocycles. The zero-order valence-electron chi connectivity index (χ0n) is 10.5. The molecule has 4 heterocycles. The van der Waals surface area contributed by atoms with Gasteiger partial charge in [-0.15, -0.1) is 0 Å². The van der Waals surface area contributed by atoms with Crippen molar-refractivity contribution in [2.45, 2.75) is 6.54 Å². The summed E-state index contributed by atoms with van der Waals surface area (Å²) in [4.78, 5) is 19.5. The van der Waals surface area contributed by atoms with Gasteiger partial charge in [-0.25, -0.2) is 4.98 Å². The molecular formula is C12H15N5OS. The van der Waals surface area contributed by atoms with E-state index in [1.54, 1.807) is 11.6 Å². The maximum atomic E-state index is 11.9. The molecule has 0 aliphatic carbocycles. The van der Waals surface area contributed by atoms with Crippen LogP contribution in [-0.2, 0) is 6.54 Å². The first-order chi connectivity index (χ1) is 9.29. The first kappa shape index (κ1) is 11.5. The van der Waals surface area contributed by atoms with Gasteiger partial charge in [0.15, 0.2) is 0 Å². The second-order valence-electron chi connectivity index (χ2n) is 5.39. The molecule has 6 nitrogen and oxygen atoms in total. The van der Waals surface area contributed by atoms with Crippen LogP contribution < -0.4 is 10.9 Å². The first-order valence-electron chi connectivity index (χ1n) is 6.55. The third kappa shape index (κ3) is 1.98. The fourth-order valence-electron chi connectivity index (χ4n) is 3.19. The predicted octanol–water partition coefficient (Wildman–Crippen LogP) is -0.198. The topological polar surface area (TPSA) is 62.5 Å². The SMILES string of the molecule is O=c1cc(CN2CC3CNCC3C2)nc2scnn12. The van der Waals surface area contributed by atoms with Crippen molar-refractivity contribution in [1.82, 2.24) is 24.8 Å². The molecule has 2 aliphatic rings. The molecule has 19 heavy (non-hydrogen) atoms. The Kier molecular flexibility index (Phi) is 2.64. The highest BCUT2D eigenvalue weighted by Gasteiger charge is 2.35. The molecule has 0 amide bonds. The van der Waals surface area contributed by atoms with Crippen LogP contribution in [0.3, 0.4) is 0 Å². The minimum atomic E-state index is -0.0812. The molecule has 2 fully saturated rings. The van der Waals surface area contributed by atoms with Crippen molar-refractivity contribution < 1.29 is 0 Å². The Balaban J connectivity index is 1.57. The van der Waals surface area contributed by atoms with Gasteiger partial charge in [0.2, 0.25) is 4.96 Å². The third-order valence-corrected chi connectivity index (χ3v) is 4.77. The van der Waals surface area contributed by atoms with Gasteiger partial charge in [-0.3, -0.25) is 9.69 Å². The highest BCUT2D eigenvalue weighted by atomic mass is 32.1. The molecule has 2 atom stereocenters. The summed E-state index contributed by atoms with van der Waals surface area (Å²) in [5.74, 6) is 1.54. The predicted molar refractivity (Wildman–Crippen MR) is 72.3 cm³/mol. The quantitative estimate of drug-likeness (QED) is 0.824. The fraction of sp³-hybridized carbons (Fsp3) is 0.583. The van der Waals surface area contributed by atoms with E-state index in [-0.39, 0.29) is 5.56 Å². The average molecular weight is 277 g/mol. The molecule has 2 aromatic rings. The van der Waals surface area contributed by atoms with E-state index < -0.39 is 0 Å². The normalized spacial score (nSPS) is 27.2. The number of nitrogens with zero attached hydrogens (tertiary/aromatic N) is 4. The highest BCUT2D eigenvalue weighted by molar-refractivity contribution is 7.14. The number of hydrogen-bond acceptors (Lipinski definition) is 6. The van der Waals surface area contributed by atoms with E-state index in [0.29, 0.717) is 4.96 Å². The molecular weight excluding hydrogens is 262 g/mol. The number of hydrogen-bond donors (Lipinski definition) is 1. The molecule has 0 saturated carbocycles. The lowest BCUT2D eigenvalue weighted by Gasteiger charge is -2.15. The highest BCUT2D eigenvalue weighted by Crippen LogP contribution is 2.27. The van der Waals surface area contributed by atoms with E-state index in [2.05, 4.69) is 20.3 Å². The maximum absolute atomic E-state index is 11.9. The van der Waals surface area contributed by atoms with Crippen molar-refractivity contribution in [3.63, 3.8) is 0 Å². The van der Waals surface area contributed by atoms with Crippen molar-refractivity contribution in [3.8, 4) is 0 Å². The van der Waals surface area contributed by atoms with Gasteiger partial charge in [-0.05, 0) is 24.9 Å². The summed E-state index contributed by atoms with van der Waals surface area (Å²) in [7, 11) is 0. The summed E-state index contributed by atoms with van der Waals surface area (Å²) >= 11 is 1.40. The summed E-state index contributed by atoms with van der Waals surface area (Å²) in [6.45, 7) is 5.26. The van der Waals surface area contributed by atoms with Crippen molar-refractivity contribution in [2.75, 3.05) is 26.2 Å². The molecule has 1 N–H and O–H groups in total. The van der Waals surface area contributed by atoms with Gasteiger partial charge in [0.1, 0.15) is 5.51 Å². The van der Waals surface area contributed by atoms with E-state index in [0.717, 1.165) is 50.3 Å². The van der Waals surface area contributed by atoms with Crippen molar-refractivity contribution >= 4 is 16.3 Å². The first-order valence-corrected chi connectivity index (χ1v) is 7.43. The summed E-state index contributed by atoms with van der Waals surface area (Å²) in [5.41, 5.74) is 2.43. The van der Waals surface area contributed by atoms with Crippen LogP contribution in [0.2, 0.25) is 0 Å². The van der Waals surface area contributed by atoms with Gasteiger partial charge >= 0.3 is 0 Å². The lowest BCUT2D eigenvalue weighted by Crippen LogP contribution is -2.27. The Morgan fingerprint density at radius 1 is 1.37 bits per heavy atom. The largest absolute Gasteiger partial charge is 0.316 e. The number of nitrogens with one attached hydrogen (secondary N) is 1. The van der Waals surface area contributed by atoms with Gasteiger partial charge in [0.25, 0.3) is 5.56 Å². The van der Waals surface area contributed by atoms with E-state index in [4.69, 9.17) is 0 Å². The maximum Gasteiger partial charge on any atom is 0.275 e. The van der Waals surface area contributed by atoms with Crippen LogP contribution in [0.1, 0.15) is 5.69 Å². The Labute approximate surface area is 114 Å². The molecule has 4 rings (SSSR count). The number of likely N-dealkylation sites (tertiary alicyclic amines) is 1. The van der Waals surface area contributed by atoms with Crippen molar-refractivity contribution in [2.24, 2.45) is 11.8 Å². The van der Waals surface area contributed by atoms with Gasteiger partial charge in [0, 0.05) is 25.7 Å². The lowest BCUT2D eigenvalue weighted by molar-refractivity contribution is 0.302. The molecule has 0 aromatic carbocycles. The molecule has 2 unspecified atom stereocenters. The van der Waals surface area contributed by atoms with Crippen molar-refractivity contribution in [1.29, 1.82) is 0 Å². The molecule has 2 saturated heterocycles. The Morgan fingerprint density at radius 3 is 2.95 bits per heavy atom. The van der Waals surface area contributed by atoms with Crippen LogP contribution in [0.4, 0.5) is 0 Å². The molecule has 0 spiro atoms. The van der Waals surface area contributed by atoms with Crippen molar-refractivity contribution in [3.05, 3.63) is 27.6 Å². The standard InChI is InChI=1S/C12H15N5OS/c18-11-1-10(15-12-17(11)14-7-19-12)6-16-4-8-2-13-3-9(8)5-16/h1,7-9,13H,2-6H2. The zero-order chi connectivity index (χ0) is 12.8. The molecule has 100 valence electrons. The van der Waals surface area contributed by atoms with Crippen LogP contribution in [0.25, 0.3) is 4.96 Å². The Morgan fingerprint density at radius 2 is 2.16 bits per heavy atom. The van der Waals surface area contributed by atoms with E-state index in [1.807, 2.05) is 0 Å². The summed E-state index contributed by atoms with van der Waals surface area (Å²) in [5, 5.41) is 7.41. The zero-order valence-corrected chi connectivity index (χ0v) is 11.3. The Hall–Kier alpha value is -1.31. The van der Waals surface area contributed by atoms with Crippen LogP contribution >= 0.6 is 11.3 Å². The minimum absolute atomic E-state index is 0.0812. The smallest absolute Gasteiger partial charge is 0.275 e. The number of aromatic nitrogens is 3. The van der Waals surface area contributed by atoms with E-state index in [1.165, 1.54) is 15.9 Å². The lowest BCUT2D eigenvalue weighted by atomic mass is 10.0. The van der Waals surface area contributed by atoms with Crippen LogP contribution in [-0.4, -0.2) is 45.7 Å².